The third-order valence-corrected chi connectivity index (χ3v) is 4.73. The fraction of sp³-hybridized carbons (Fsp3) is 0.400. The second-order valence-electron chi connectivity index (χ2n) is 6.24. The summed E-state index contributed by atoms with van der Waals surface area (Å²) in [5.41, 5.74) is 5.83. The minimum atomic E-state index is 0.391. The van der Waals surface area contributed by atoms with Gasteiger partial charge in [0.1, 0.15) is 0 Å². The van der Waals surface area contributed by atoms with Gasteiger partial charge in [0.25, 0.3) is 0 Å². The van der Waals surface area contributed by atoms with Crippen LogP contribution >= 0.6 is 0 Å². The maximum Gasteiger partial charge on any atom is 0.0328 e. The van der Waals surface area contributed by atoms with Crippen molar-refractivity contribution in [3.63, 3.8) is 0 Å². The second-order valence-corrected chi connectivity index (χ2v) is 6.24. The molecule has 0 radical (unpaired) electrons. The Bertz CT molecular complexity index is 602. The van der Waals surface area contributed by atoms with Gasteiger partial charge in [0, 0.05) is 12.1 Å². The minimum Gasteiger partial charge on any atom is -0.303 e. The molecule has 1 unspecified atom stereocenters. The fourth-order valence-corrected chi connectivity index (χ4v) is 3.56. The van der Waals surface area contributed by atoms with Crippen molar-refractivity contribution in [2.45, 2.75) is 51.6 Å². The zero-order valence-corrected chi connectivity index (χ0v) is 13.1. The van der Waals surface area contributed by atoms with Crippen molar-refractivity contribution in [2.24, 2.45) is 0 Å². The van der Waals surface area contributed by atoms with Gasteiger partial charge in [-0.15, -0.1) is 0 Å². The molecule has 1 heteroatoms. The number of hydrogen-bond acceptors (Lipinski definition) is 1. The fourth-order valence-electron chi connectivity index (χ4n) is 3.56. The van der Waals surface area contributed by atoms with Gasteiger partial charge in [-0.25, -0.2) is 0 Å². The van der Waals surface area contributed by atoms with Crippen LogP contribution < -0.4 is 5.32 Å². The van der Waals surface area contributed by atoms with E-state index in [-0.39, 0.29) is 0 Å². The summed E-state index contributed by atoms with van der Waals surface area (Å²) in [4.78, 5) is 0. The number of nitrogens with one attached hydrogen (secondary N) is 1. The molecule has 1 aliphatic carbocycles. The molecular weight excluding hydrogens is 254 g/mol. The van der Waals surface area contributed by atoms with Gasteiger partial charge in [-0.05, 0) is 55.4 Å². The van der Waals surface area contributed by atoms with E-state index in [4.69, 9.17) is 0 Å². The molecule has 110 valence electrons. The third kappa shape index (κ3) is 3.19. The van der Waals surface area contributed by atoms with Crippen molar-refractivity contribution in [1.29, 1.82) is 0 Å². The molecule has 0 fully saturated rings. The summed E-state index contributed by atoms with van der Waals surface area (Å²) in [7, 11) is 0. The van der Waals surface area contributed by atoms with E-state index in [0.717, 1.165) is 0 Å². The average molecular weight is 279 g/mol. The predicted molar refractivity (Wildman–Crippen MR) is 89.5 cm³/mol. The molecule has 2 aromatic rings. The number of hydrogen-bond donors (Lipinski definition) is 1. The lowest BCUT2D eigenvalue weighted by atomic mass is 9.96. The van der Waals surface area contributed by atoms with Gasteiger partial charge in [0.15, 0.2) is 0 Å². The molecule has 0 aromatic heterocycles. The molecule has 2 atom stereocenters. The Morgan fingerprint density at radius 1 is 1.00 bits per heavy atom. The smallest absolute Gasteiger partial charge is 0.0328 e. The zero-order valence-electron chi connectivity index (χ0n) is 13.1. The van der Waals surface area contributed by atoms with Crippen molar-refractivity contribution in [1.82, 2.24) is 5.32 Å². The van der Waals surface area contributed by atoms with Crippen LogP contribution in [0.3, 0.4) is 0 Å². The highest BCUT2D eigenvalue weighted by Gasteiger charge is 2.20. The summed E-state index contributed by atoms with van der Waals surface area (Å²) in [6.45, 7) is 4.49. The van der Waals surface area contributed by atoms with Crippen LogP contribution in [0.2, 0.25) is 0 Å². The molecule has 1 N–H and O–H groups in total. The van der Waals surface area contributed by atoms with Crippen molar-refractivity contribution in [2.75, 3.05) is 0 Å². The first-order valence-electron chi connectivity index (χ1n) is 8.15. The van der Waals surface area contributed by atoms with Crippen LogP contribution in [0.25, 0.3) is 0 Å². The first-order valence-corrected chi connectivity index (χ1v) is 8.15. The molecule has 1 aliphatic rings. The normalized spacial score (nSPS) is 19.6. The summed E-state index contributed by atoms with van der Waals surface area (Å²) in [5.74, 6) is 0. The maximum absolute atomic E-state index is 3.87. The standard InChI is InChI=1S/C20H25N/c1-15-9-3-6-12-18(15)16(2)21-20-14-8-5-11-17-10-4-7-13-19(17)20/h3-4,6-7,9-10,12-13,16,20-21H,5,8,11,14H2,1-2H3/t16-,20?/m1/s1. The Kier molecular flexibility index (Phi) is 4.40. The quantitative estimate of drug-likeness (QED) is 0.769. The molecule has 1 nitrogen and oxygen atoms in total. The van der Waals surface area contributed by atoms with Gasteiger partial charge in [-0.3, -0.25) is 0 Å². The Balaban J connectivity index is 1.83. The van der Waals surface area contributed by atoms with Gasteiger partial charge < -0.3 is 5.32 Å². The van der Waals surface area contributed by atoms with Crippen LogP contribution in [0, 0.1) is 6.92 Å². The van der Waals surface area contributed by atoms with Gasteiger partial charge in [-0.1, -0.05) is 55.0 Å². The van der Waals surface area contributed by atoms with E-state index in [0.29, 0.717) is 12.1 Å². The van der Waals surface area contributed by atoms with Gasteiger partial charge in [0.2, 0.25) is 0 Å². The lowest BCUT2D eigenvalue weighted by molar-refractivity contribution is 0.436. The minimum absolute atomic E-state index is 0.391. The lowest BCUT2D eigenvalue weighted by Gasteiger charge is -2.25. The topological polar surface area (TPSA) is 12.0 Å². The molecule has 0 saturated carbocycles. The Hall–Kier alpha value is -1.60. The Labute approximate surface area is 128 Å². The van der Waals surface area contributed by atoms with E-state index in [9.17, 15) is 0 Å². The van der Waals surface area contributed by atoms with Crippen LogP contribution in [0.15, 0.2) is 48.5 Å². The molecular formula is C20H25N. The van der Waals surface area contributed by atoms with Gasteiger partial charge in [0.05, 0.1) is 0 Å². The number of fused-ring (bicyclic) bond motifs is 1. The van der Waals surface area contributed by atoms with E-state index in [1.807, 2.05) is 0 Å². The Morgan fingerprint density at radius 3 is 2.62 bits per heavy atom. The zero-order chi connectivity index (χ0) is 14.7. The highest BCUT2D eigenvalue weighted by atomic mass is 14.9. The van der Waals surface area contributed by atoms with Crippen molar-refractivity contribution in [3.05, 3.63) is 70.8 Å². The van der Waals surface area contributed by atoms with Crippen molar-refractivity contribution < 1.29 is 0 Å². The molecule has 0 heterocycles. The number of aryl methyl sites for hydroxylation is 2. The lowest BCUT2D eigenvalue weighted by Crippen LogP contribution is -2.25. The predicted octanol–water partition coefficient (Wildman–Crippen LogP) is 5.11. The molecule has 3 rings (SSSR count). The van der Waals surface area contributed by atoms with Crippen LogP contribution in [0.5, 0.6) is 0 Å². The monoisotopic (exact) mass is 279 g/mol. The van der Waals surface area contributed by atoms with Crippen molar-refractivity contribution >= 4 is 0 Å². The molecule has 21 heavy (non-hydrogen) atoms. The molecule has 2 aromatic carbocycles. The summed E-state index contributed by atoms with van der Waals surface area (Å²) >= 11 is 0. The van der Waals surface area contributed by atoms with E-state index in [2.05, 4.69) is 67.7 Å². The van der Waals surface area contributed by atoms with E-state index in [1.54, 1.807) is 0 Å². The van der Waals surface area contributed by atoms with Crippen LogP contribution in [0.4, 0.5) is 0 Å². The van der Waals surface area contributed by atoms with E-state index in [1.165, 1.54) is 47.9 Å². The van der Waals surface area contributed by atoms with Crippen molar-refractivity contribution in [3.8, 4) is 0 Å². The van der Waals surface area contributed by atoms with E-state index >= 15 is 0 Å². The van der Waals surface area contributed by atoms with Gasteiger partial charge >= 0.3 is 0 Å². The molecule has 0 saturated heterocycles. The molecule has 0 amide bonds. The van der Waals surface area contributed by atoms with Crippen LogP contribution in [0.1, 0.15) is 60.5 Å². The highest BCUT2D eigenvalue weighted by Crippen LogP contribution is 2.31. The van der Waals surface area contributed by atoms with Gasteiger partial charge in [-0.2, -0.15) is 0 Å². The van der Waals surface area contributed by atoms with Crippen LogP contribution in [-0.4, -0.2) is 0 Å². The Morgan fingerprint density at radius 2 is 1.76 bits per heavy atom. The summed E-state index contributed by atoms with van der Waals surface area (Å²) in [6.07, 6.45) is 5.10. The first kappa shape index (κ1) is 14.3. The number of benzene rings is 2. The number of rotatable bonds is 3. The highest BCUT2D eigenvalue weighted by molar-refractivity contribution is 5.33. The largest absolute Gasteiger partial charge is 0.303 e. The summed E-state index contributed by atoms with van der Waals surface area (Å²) < 4.78 is 0. The molecule has 0 aliphatic heterocycles. The second kappa shape index (κ2) is 6.44. The first-order chi connectivity index (χ1) is 10.3. The SMILES string of the molecule is Cc1ccccc1[C@@H](C)NC1CCCCc2ccccc21. The average Bonchev–Trinajstić information content (AvgIpc) is 2.70. The summed E-state index contributed by atoms with van der Waals surface area (Å²) in [6, 6.07) is 18.5. The van der Waals surface area contributed by atoms with E-state index < -0.39 is 0 Å². The molecule has 0 spiro atoms. The summed E-state index contributed by atoms with van der Waals surface area (Å²) in [5, 5.41) is 3.87. The third-order valence-electron chi connectivity index (χ3n) is 4.73. The van der Waals surface area contributed by atoms with Crippen LogP contribution in [-0.2, 0) is 6.42 Å². The maximum atomic E-state index is 3.87. The molecule has 0 bridgehead atoms.